The fourth-order valence-corrected chi connectivity index (χ4v) is 6.59. The number of aromatic nitrogens is 2. The van der Waals surface area contributed by atoms with Gasteiger partial charge in [0.2, 0.25) is 0 Å². The second-order valence-electron chi connectivity index (χ2n) is 11.1. The Labute approximate surface area is 274 Å². The van der Waals surface area contributed by atoms with E-state index in [-0.39, 0.29) is 17.0 Å². The van der Waals surface area contributed by atoms with Crippen molar-refractivity contribution in [3.05, 3.63) is 171 Å². The number of fused-ring (bicyclic) bond motifs is 1. The van der Waals surface area contributed by atoms with Gasteiger partial charge in [-0.3, -0.25) is 24.4 Å². The number of amides is 2. The summed E-state index contributed by atoms with van der Waals surface area (Å²) in [6.07, 6.45) is 1.77. The summed E-state index contributed by atoms with van der Waals surface area (Å²) in [4.78, 5) is 46.3. The lowest BCUT2D eigenvalue weighted by Crippen LogP contribution is -2.44. The maximum atomic E-state index is 13.8. The first-order valence-electron chi connectivity index (χ1n) is 14.9. The molecule has 0 aliphatic carbocycles. The number of para-hydroxylation sites is 1. The molecule has 0 radical (unpaired) electrons. The third kappa shape index (κ3) is 5.96. The lowest BCUT2D eigenvalue weighted by atomic mass is 10.1. The SMILES string of the molecule is Cc1ccc(-c2nc3ccccc3c(=O)n2-c2ccc(C(=O)NN3C(=O)/C(=C\c4ccccc4)SC3c3ccc(F)cc3)cc2)cc1. The van der Waals surface area contributed by atoms with Gasteiger partial charge in [-0.25, -0.2) is 14.4 Å². The number of nitrogens with zero attached hydrogens (tertiary/aromatic N) is 3. The Kier molecular flexibility index (Phi) is 7.97. The highest BCUT2D eigenvalue weighted by Gasteiger charge is 2.38. The van der Waals surface area contributed by atoms with E-state index in [0.29, 0.717) is 32.9 Å². The summed E-state index contributed by atoms with van der Waals surface area (Å²) in [7, 11) is 0. The zero-order chi connectivity index (χ0) is 32.5. The van der Waals surface area contributed by atoms with Crippen LogP contribution in [0.25, 0.3) is 34.1 Å². The number of carbonyl (C=O) groups is 2. The lowest BCUT2D eigenvalue weighted by molar-refractivity contribution is -0.128. The average Bonchev–Trinajstić information content (AvgIpc) is 3.39. The molecular weight excluding hydrogens is 612 g/mol. The normalized spacial score (nSPS) is 15.4. The van der Waals surface area contributed by atoms with Crippen molar-refractivity contribution < 1.29 is 14.0 Å². The second kappa shape index (κ2) is 12.5. The van der Waals surface area contributed by atoms with Crippen LogP contribution in [0.2, 0.25) is 0 Å². The average molecular weight is 639 g/mol. The number of halogens is 1. The smallest absolute Gasteiger partial charge is 0.268 e. The number of rotatable bonds is 6. The van der Waals surface area contributed by atoms with Gasteiger partial charge < -0.3 is 0 Å². The number of aryl methyl sites for hydroxylation is 1. The van der Waals surface area contributed by atoms with Crippen LogP contribution < -0.4 is 11.0 Å². The van der Waals surface area contributed by atoms with Gasteiger partial charge in [-0.15, -0.1) is 0 Å². The van der Waals surface area contributed by atoms with Gasteiger partial charge in [0.25, 0.3) is 17.4 Å². The van der Waals surface area contributed by atoms with Crippen LogP contribution in [0.4, 0.5) is 4.39 Å². The quantitative estimate of drug-likeness (QED) is 0.192. The fourth-order valence-electron chi connectivity index (χ4n) is 5.40. The zero-order valence-corrected chi connectivity index (χ0v) is 25.9. The minimum absolute atomic E-state index is 0.233. The van der Waals surface area contributed by atoms with Gasteiger partial charge in [-0.2, -0.15) is 0 Å². The molecule has 1 N–H and O–H groups in total. The van der Waals surface area contributed by atoms with E-state index in [9.17, 15) is 18.8 Å². The van der Waals surface area contributed by atoms with Gasteiger partial charge in [0.15, 0.2) is 0 Å². The second-order valence-corrected chi connectivity index (χ2v) is 12.2. The summed E-state index contributed by atoms with van der Waals surface area (Å²) in [6, 6.07) is 36.8. The van der Waals surface area contributed by atoms with Crippen molar-refractivity contribution in [3.8, 4) is 17.1 Å². The van der Waals surface area contributed by atoms with E-state index in [1.165, 1.54) is 28.9 Å². The monoisotopic (exact) mass is 638 g/mol. The standard InChI is InChI=1S/C38H27FN4O3S/c1-24-11-13-26(14-12-24)34-40-32-10-6-5-9-31(32)36(45)42(34)30-21-17-27(18-22-30)35(44)41-43-37(46)33(23-25-7-3-2-4-8-25)47-38(43)28-15-19-29(39)20-16-28/h2-23,38H,1H3,(H,41,44)/b33-23+. The Bertz CT molecular complexity index is 2220. The highest BCUT2D eigenvalue weighted by molar-refractivity contribution is 8.04. The molecule has 1 saturated heterocycles. The van der Waals surface area contributed by atoms with Crippen molar-refractivity contribution in [2.75, 3.05) is 0 Å². The molecule has 7 rings (SSSR count). The molecule has 1 unspecified atom stereocenters. The number of carbonyl (C=O) groups excluding carboxylic acids is 2. The Balaban J connectivity index is 1.21. The van der Waals surface area contributed by atoms with Crippen LogP contribution in [0.15, 0.2) is 137 Å². The summed E-state index contributed by atoms with van der Waals surface area (Å²) in [6.45, 7) is 1.99. The molecule has 0 bridgehead atoms. The summed E-state index contributed by atoms with van der Waals surface area (Å²) in [5, 5.41) is 1.14. The van der Waals surface area contributed by atoms with Crippen LogP contribution in [0.3, 0.4) is 0 Å². The molecule has 6 aromatic rings. The van der Waals surface area contributed by atoms with Crippen molar-refractivity contribution in [2.24, 2.45) is 0 Å². The third-order valence-corrected chi connectivity index (χ3v) is 9.10. The maximum absolute atomic E-state index is 13.8. The summed E-state index contributed by atoms with van der Waals surface area (Å²) < 4.78 is 15.3. The van der Waals surface area contributed by atoms with E-state index in [2.05, 4.69) is 5.43 Å². The predicted molar refractivity (Wildman–Crippen MR) is 183 cm³/mol. The lowest BCUT2D eigenvalue weighted by Gasteiger charge is -2.24. The first-order valence-corrected chi connectivity index (χ1v) is 15.8. The first-order chi connectivity index (χ1) is 22.9. The van der Waals surface area contributed by atoms with Gasteiger partial charge in [0.1, 0.15) is 17.0 Å². The molecule has 9 heteroatoms. The molecule has 5 aromatic carbocycles. The molecule has 1 aliphatic heterocycles. The number of thioether (sulfide) groups is 1. The van der Waals surface area contributed by atoms with Crippen molar-refractivity contribution >= 4 is 40.6 Å². The largest absolute Gasteiger partial charge is 0.280 e. The Morgan fingerprint density at radius 2 is 1.51 bits per heavy atom. The molecule has 230 valence electrons. The number of hydrazine groups is 1. The Morgan fingerprint density at radius 3 is 2.23 bits per heavy atom. The predicted octanol–water partition coefficient (Wildman–Crippen LogP) is 7.46. The minimum Gasteiger partial charge on any atom is -0.268 e. The summed E-state index contributed by atoms with van der Waals surface area (Å²) in [5.74, 6) is -0.813. The van der Waals surface area contributed by atoms with Crippen LogP contribution in [0.1, 0.15) is 32.4 Å². The zero-order valence-electron chi connectivity index (χ0n) is 25.1. The molecule has 7 nitrogen and oxygen atoms in total. The molecule has 1 aromatic heterocycles. The van der Waals surface area contributed by atoms with Gasteiger partial charge >= 0.3 is 0 Å². The fraction of sp³-hybridized carbons (Fsp3) is 0.0526. The number of benzene rings is 5. The molecule has 2 amide bonds. The summed E-state index contributed by atoms with van der Waals surface area (Å²) in [5.41, 5.74) is 7.29. The Hall–Kier alpha value is -5.80. The maximum Gasteiger partial charge on any atom is 0.280 e. The molecule has 1 fully saturated rings. The van der Waals surface area contributed by atoms with Gasteiger partial charge in [-0.05, 0) is 72.7 Å². The van der Waals surface area contributed by atoms with E-state index in [0.717, 1.165) is 16.7 Å². The van der Waals surface area contributed by atoms with Crippen LogP contribution in [-0.4, -0.2) is 26.4 Å². The van der Waals surface area contributed by atoms with E-state index in [1.807, 2.05) is 73.7 Å². The van der Waals surface area contributed by atoms with Crippen LogP contribution in [-0.2, 0) is 4.79 Å². The third-order valence-electron chi connectivity index (χ3n) is 7.85. The van der Waals surface area contributed by atoms with E-state index in [4.69, 9.17) is 4.98 Å². The van der Waals surface area contributed by atoms with Crippen molar-refractivity contribution in [2.45, 2.75) is 12.3 Å². The minimum atomic E-state index is -0.611. The molecule has 0 saturated carbocycles. The molecular formula is C38H27FN4O3S. The van der Waals surface area contributed by atoms with E-state index >= 15 is 0 Å². The van der Waals surface area contributed by atoms with Gasteiger partial charge in [-0.1, -0.05) is 96.2 Å². The number of nitrogens with one attached hydrogen (secondary N) is 1. The highest BCUT2D eigenvalue weighted by atomic mass is 32.2. The molecule has 0 spiro atoms. The number of hydrogen-bond acceptors (Lipinski definition) is 5. The molecule has 2 heterocycles. The van der Waals surface area contributed by atoms with Crippen LogP contribution in [0, 0.1) is 12.7 Å². The van der Waals surface area contributed by atoms with Crippen molar-refractivity contribution in [1.82, 2.24) is 20.0 Å². The van der Waals surface area contributed by atoms with Crippen LogP contribution in [0.5, 0.6) is 0 Å². The van der Waals surface area contributed by atoms with Crippen molar-refractivity contribution in [1.29, 1.82) is 0 Å². The van der Waals surface area contributed by atoms with Crippen LogP contribution >= 0.6 is 11.8 Å². The van der Waals surface area contributed by atoms with E-state index < -0.39 is 17.1 Å². The van der Waals surface area contributed by atoms with Gasteiger partial charge in [0.05, 0.1) is 21.5 Å². The summed E-state index contributed by atoms with van der Waals surface area (Å²) >= 11 is 1.28. The van der Waals surface area contributed by atoms with Gasteiger partial charge in [0, 0.05) is 11.1 Å². The molecule has 47 heavy (non-hydrogen) atoms. The topological polar surface area (TPSA) is 84.3 Å². The van der Waals surface area contributed by atoms with Crippen molar-refractivity contribution in [3.63, 3.8) is 0 Å². The van der Waals surface area contributed by atoms with E-state index in [1.54, 1.807) is 59.2 Å². The molecule has 1 atom stereocenters. The number of hydrogen-bond donors (Lipinski definition) is 1. The first kappa shape index (κ1) is 29.9. The highest BCUT2D eigenvalue weighted by Crippen LogP contribution is 2.45. The molecule has 1 aliphatic rings. The Morgan fingerprint density at radius 1 is 0.830 bits per heavy atom.